The van der Waals surface area contributed by atoms with E-state index in [1.807, 2.05) is 13.8 Å². The van der Waals surface area contributed by atoms with Gasteiger partial charge in [0, 0.05) is 6.42 Å². The molecular formula is C17H19FO3. The van der Waals surface area contributed by atoms with Gasteiger partial charge in [-0.25, -0.2) is 4.39 Å². The summed E-state index contributed by atoms with van der Waals surface area (Å²) in [6.07, 6.45) is 0.328. The minimum Gasteiger partial charge on any atom is -0.508 e. The minimum atomic E-state index is -0.890. The number of carbonyl (C=O) groups is 1. The van der Waals surface area contributed by atoms with Crippen LogP contribution in [0.25, 0.3) is 11.1 Å². The molecule has 112 valence electrons. The molecule has 2 N–H and O–H groups in total. The normalized spacial score (nSPS) is 9.67. The van der Waals surface area contributed by atoms with E-state index in [2.05, 4.69) is 0 Å². The fraction of sp³-hybridized carbons (Fsp3) is 0.235. The number of hydrogen-bond donors (Lipinski definition) is 2. The third kappa shape index (κ3) is 4.91. The van der Waals surface area contributed by atoms with E-state index >= 15 is 0 Å². The fourth-order valence-electron chi connectivity index (χ4n) is 1.95. The maximum atomic E-state index is 13.2. The minimum absolute atomic E-state index is 0.00685. The van der Waals surface area contributed by atoms with Gasteiger partial charge in [0.1, 0.15) is 11.6 Å². The Bertz CT molecular complexity index is 609. The van der Waals surface area contributed by atoms with Crippen molar-refractivity contribution in [3.8, 4) is 16.9 Å². The van der Waals surface area contributed by atoms with Crippen molar-refractivity contribution in [2.75, 3.05) is 0 Å². The molecule has 0 aliphatic rings. The molecular weight excluding hydrogens is 271 g/mol. The van der Waals surface area contributed by atoms with Crippen molar-refractivity contribution in [2.45, 2.75) is 26.7 Å². The van der Waals surface area contributed by atoms with Crippen LogP contribution in [-0.2, 0) is 11.2 Å². The molecule has 2 aromatic carbocycles. The molecule has 0 saturated heterocycles. The third-order valence-electron chi connectivity index (χ3n) is 2.84. The average Bonchev–Trinajstić information content (AvgIpc) is 2.48. The lowest BCUT2D eigenvalue weighted by Gasteiger charge is -2.10. The summed E-state index contributed by atoms with van der Waals surface area (Å²) < 4.78 is 13.2. The van der Waals surface area contributed by atoms with Crippen LogP contribution in [0.2, 0.25) is 0 Å². The molecule has 0 radical (unpaired) electrons. The number of hydrogen-bond acceptors (Lipinski definition) is 2. The molecule has 0 unspecified atom stereocenters. The van der Waals surface area contributed by atoms with Crippen LogP contribution in [0.3, 0.4) is 0 Å². The van der Waals surface area contributed by atoms with Crippen LogP contribution in [0.1, 0.15) is 25.8 Å². The number of halogens is 1. The lowest BCUT2D eigenvalue weighted by molar-refractivity contribution is -0.136. The summed E-state index contributed by atoms with van der Waals surface area (Å²) in [6.45, 7) is 4.00. The zero-order valence-corrected chi connectivity index (χ0v) is 12.1. The first-order valence-corrected chi connectivity index (χ1v) is 6.86. The molecule has 3 nitrogen and oxygen atoms in total. The van der Waals surface area contributed by atoms with Gasteiger partial charge < -0.3 is 10.2 Å². The monoisotopic (exact) mass is 290 g/mol. The van der Waals surface area contributed by atoms with Crippen LogP contribution < -0.4 is 0 Å². The van der Waals surface area contributed by atoms with Gasteiger partial charge in [-0.3, -0.25) is 4.79 Å². The number of benzene rings is 2. The summed E-state index contributed by atoms with van der Waals surface area (Å²) >= 11 is 0. The first-order chi connectivity index (χ1) is 10.1. The molecule has 2 aromatic rings. The predicted octanol–water partition coefficient (Wildman–Crippen LogP) is 4.24. The van der Waals surface area contributed by atoms with Crippen LogP contribution in [0, 0.1) is 5.82 Å². The molecule has 2 rings (SSSR count). The number of phenols is 1. The van der Waals surface area contributed by atoms with Crippen molar-refractivity contribution in [1.29, 1.82) is 0 Å². The van der Waals surface area contributed by atoms with Gasteiger partial charge in [0.05, 0.1) is 0 Å². The van der Waals surface area contributed by atoms with E-state index in [-0.39, 0.29) is 18.0 Å². The highest BCUT2D eigenvalue weighted by Gasteiger charge is 2.09. The second-order valence-corrected chi connectivity index (χ2v) is 4.25. The Morgan fingerprint density at radius 1 is 1.14 bits per heavy atom. The molecule has 0 saturated carbocycles. The van der Waals surface area contributed by atoms with Crippen molar-refractivity contribution in [2.24, 2.45) is 0 Å². The fourth-order valence-corrected chi connectivity index (χ4v) is 1.95. The molecule has 0 aliphatic heterocycles. The summed E-state index contributed by atoms with van der Waals surface area (Å²) in [5.74, 6) is -1.19. The highest BCUT2D eigenvalue weighted by atomic mass is 19.1. The third-order valence-corrected chi connectivity index (χ3v) is 2.84. The smallest absolute Gasteiger partial charge is 0.303 e. The van der Waals surface area contributed by atoms with E-state index in [0.717, 1.165) is 5.56 Å². The highest BCUT2D eigenvalue weighted by Crippen LogP contribution is 2.28. The summed E-state index contributed by atoms with van der Waals surface area (Å²) in [7, 11) is 0. The second kappa shape index (κ2) is 8.04. The molecule has 21 heavy (non-hydrogen) atoms. The van der Waals surface area contributed by atoms with E-state index in [0.29, 0.717) is 17.5 Å². The molecule has 0 fully saturated rings. The molecule has 0 aliphatic carbocycles. The Labute approximate surface area is 123 Å². The van der Waals surface area contributed by atoms with Crippen LogP contribution in [0.4, 0.5) is 4.39 Å². The quantitative estimate of drug-likeness (QED) is 0.885. The van der Waals surface area contributed by atoms with Gasteiger partial charge in [0.2, 0.25) is 0 Å². The van der Waals surface area contributed by atoms with Crippen molar-refractivity contribution < 1.29 is 19.4 Å². The van der Waals surface area contributed by atoms with Crippen LogP contribution in [0.15, 0.2) is 42.5 Å². The lowest BCUT2D eigenvalue weighted by atomic mass is 9.96. The van der Waals surface area contributed by atoms with Crippen molar-refractivity contribution in [3.05, 3.63) is 53.8 Å². The number of phenolic OH excluding ortho intramolecular Hbond substituents is 1. The van der Waals surface area contributed by atoms with Crippen molar-refractivity contribution in [1.82, 2.24) is 0 Å². The van der Waals surface area contributed by atoms with Gasteiger partial charge in [-0.05, 0) is 47.4 Å². The molecule has 0 amide bonds. The van der Waals surface area contributed by atoms with Gasteiger partial charge in [-0.1, -0.05) is 32.0 Å². The van der Waals surface area contributed by atoms with Gasteiger partial charge in [0.25, 0.3) is 0 Å². The molecule has 0 aromatic heterocycles. The Morgan fingerprint density at radius 3 is 2.48 bits per heavy atom. The standard InChI is InChI=1S/C15H13FO3.C2H6/c16-12-3-1-2-11(8-12)14-9-13(17)6-4-10(14)5-7-15(18)19;1-2/h1-4,6,8-9,17H,5,7H2,(H,18,19);1-2H3. The first-order valence-electron chi connectivity index (χ1n) is 6.86. The van der Waals surface area contributed by atoms with Crippen LogP contribution in [0.5, 0.6) is 5.75 Å². The lowest BCUT2D eigenvalue weighted by Crippen LogP contribution is -1.99. The van der Waals surface area contributed by atoms with E-state index in [9.17, 15) is 14.3 Å². The Hall–Kier alpha value is -2.36. The number of aryl methyl sites for hydroxylation is 1. The van der Waals surface area contributed by atoms with Crippen molar-refractivity contribution >= 4 is 5.97 Å². The number of carboxylic acid groups (broad SMARTS) is 1. The van der Waals surface area contributed by atoms with Crippen molar-refractivity contribution in [3.63, 3.8) is 0 Å². The van der Waals surface area contributed by atoms with E-state index in [1.54, 1.807) is 18.2 Å². The summed E-state index contributed by atoms with van der Waals surface area (Å²) in [5.41, 5.74) is 2.04. The van der Waals surface area contributed by atoms with Crippen LogP contribution >= 0.6 is 0 Å². The summed E-state index contributed by atoms with van der Waals surface area (Å²) in [6, 6.07) is 10.7. The topological polar surface area (TPSA) is 57.5 Å². The molecule has 0 heterocycles. The number of carboxylic acids is 1. The Morgan fingerprint density at radius 2 is 1.86 bits per heavy atom. The summed E-state index contributed by atoms with van der Waals surface area (Å²) in [5, 5.41) is 18.3. The van der Waals surface area contributed by atoms with E-state index in [4.69, 9.17) is 5.11 Å². The number of aromatic hydroxyl groups is 1. The van der Waals surface area contributed by atoms with Crippen LogP contribution in [-0.4, -0.2) is 16.2 Å². The summed E-state index contributed by atoms with van der Waals surface area (Å²) in [4.78, 5) is 10.6. The zero-order chi connectivity index (χ0) is 15.8. The molecule has 0 spiro atoms. The number of rotatable bonds is 4. The maximum absolute atomic E-state index is 13.2. The SMILES string of the molecule is CC.O=C(O)CCc1ccc(O)cc1-c1cccc(F)c1. The van der Waals surface area contributed by atoms with E-state index < -0.39 is 5.97 Å². The largest absolute Gasteiger partial charge is 0.508 e. The van der Waals surface area contributed by atoms with Gasteiger partial charge in [-0.2, -0.15) is 0 Å². The Kier molecular flexibility index (Phi) is 6.40. The van der Waals surface area contributed by atoms with Gasteiger partial charge in [0.15, 0.2) is 0 Å². The number of aliphatic carboxylic acids is 1. The zero-order valence-electron chi connectivity index (χ0n) is 12.1. The van der Waals surface area contributed by atoms with Gasteiger partial charge in [-0.15, -0.1) is 0 Å². The van der Waals surface area contributed by atoms with Gasteiger partial charge >= 0.3 is 5.97 Å². The Balaban J connectivity index is 0.00000106. The average molecular weight is 290 g/mol. The predicted molar refractivity (Wildman–Crippen MR) is 80.8 cm³/mol. The first kappa shape index (κ1) is 16.7. The maximum Gasteiger partial charge on any atom is 0.303 e. The molecule has 4 heteroatoms. The van der Waals surface area contributed by atoms with E-state index in [1.165, 1.54) is 24.3 Å². The molecule has 0 atom stereocenters. The molecule has 0 bridgehead atoms. The highest BCUT2D eigenvalue weighted by molar-refractivity contribution is 5.71. The second-order valence-electron chi connectivity index (χ2n) is 4.25.